The second kappa shape index (κ2) is 13.9. The smallest absolute Gasteiger partial charge is 0.408 e. The van der Waals surface area contributed by atoms with E-state index in [0.717, 1.165) is 5.56 Å². The second-order valence-corrected chi connectivity index (χ2v) is 14.9. The van der Waals surface area contributed by atoms with Crippen molar-refractivity contribution in [2.24, 2.45) is 20.6 Å². The first-order valence-electron chi connectivity index (χ1n) is 13.0. The quantitative estimate of drug-likeness (QED) is 0.427. The first-order valence-corrected chi connectivity index (χ1v) is 15.2. The summed E-state index contributed by atoms with van der Waals surface area (Å²) in [5.74, 6) is -1.60. The molecule has 0 bridgehead atoms. The summed E-state index contributed by atoms with van der Waals surface area (Å²) in [5, 5.41) is 5.22. The molecule has 220 valence electrons. The van der Waals surface area contributed by atoms with Gasteiger partial charge in [-0.3, -0.25) is 9.59 Å². The van der Waals surface area contributed by atoms with E-state index in [0.29, 0.717) is 0 Å². The van der Waals surface area contributed by atoms with E-state index in [1.165, 1.54) is 0 Å². The van der Waals surface area contributed by atoms with Crippen molar-refractivity contribution < 1.29 is 28.7 Å². The lowest BCUT2D eigenvalue weighted by molar-refractivity contribution is -0.121. The van der Waals surface area contributed by atoms with Crippen LogP contribution in [-0.4, -0.2) is 53.5 Å². The van der Waals surface area contributed by atoms with Crippen molar-refractivity contribution in [3.05, 3.63) is 35.9 Å². The molecule has 0 spiro atoms. The lowest BCUT2D eigenvalue weighted by Crippen LogP contribution is -2.46. The van der Waals surface area contributed by atoms with E-state index in [-0.39, 0.29) is 17.6 Å². The number of benzene rings is 1. The number of hydrogen-bond donors (Lipinski definition) is 2. The molecule has 0 saturated heterocycles. The average Bonchev–Trinajstić information content (AvgIpc) is 2.73. The maximum absolute atomic E-state index is 13.4. The van der Waals surface area contributed by atoms with Gasteiger partial charge in [0.25, 0.3) is 11.8 Å². The third kappa shape index (κ3) is 13.1. The van der Waals surface area contributed by atoms with Crippen molar-refractivity contribution in [1.82, 2.24) is 10.6 Å². The van der Waals surface area contributed by atoms with Gasteiger partial charge in [0.2, 0.25) is 0 Å². The molecule has 39 heavy (non-hydrogen) atoms. The minimum atomic E-state index is -2.62. The Bertz CT molecular complexity index is 1070. The van der Waals surface area contributed by atoms with Crippen LogP contribution in [0.2, 0.25) is 0 Å². The monoisotopic (exact) mass is 566 g/mol. The lowest BCUT2D eigenvalue weighted by Gasteiger charge is -2.25. The van der Waals surface area contributed by atoms with E-state index in [2.05, 4.69) is 19.4 Å². The highest BCUT2D eigenvalue weighted by Crippen LogP contribution is 2.16. The van der Waals surface area contributed by atoms with Gasteiger partial charge in [-0.2, -0.15) is 8.73 Å². The predicted molar refractivity (Wildman–Crippen MR) is 154 cm³/mol. The molecule has 0 saturated carbocycles. The normalized spacial score (nSPS) is 13.8. The molecule has 11 heteroatoms. The number of carbonyl (C=O) groups is 4. The molecule has 2 N–H and O–H groups in total. The summed E-state index contributed by atoms with van der Waals surface area (Å²) in [7, 11) is -2.62. The van der Waals surface area contributed by atoms with E-state index >= 15 is 0 Å². The number of carbonyl (C=O) groups excluding carboxylic acids is 4. The Balaban J connectivity index is 3.51. The number of nitrogens with zero attached hydrogens (tertiary/aromatic N) is 2. The molecule has 0 fully saturated rings. The molecular formula is C28H46N4O6S. The van der Waals surface area contributed by atoms with E-state index in [1.807, 2.05) is 30.3 Å². The molecule has 0 aromatic heterocycles. The zero-order chi connectivity index (χ0) is 30.2. The van der Waals surface area contributed by atoms with Crippen molar-refractivity contribution in [1.29, 1.82) is 0 Å². The molecule has 1 aromatic rings. The fourth-order valence-electron chi connectivity index (χ4n) is 3.37. The van der Waals surface area contributed by atoms with Crippen molar-refractivity contribution in [2.45, 2.75) is 98.3 Å². The first-order chi connectivity index (χ1) is 17.7. The van der Waals surface area contributed by atoms with Crippen molar-refractivity contribution in [3.63, 3.8) is 0 Å². The number of nitrogens with one attached hydrogen (secondary N) is 2. The Hall–Kier alpha value is -2.95. The molecule has 0 unspecified atom stereocenters. The molecule has 0 aliphatic rings. The fraction of sp³-hybridized carbons (Fsp3) is 0.643. The van der Waals surface area contributed by atoms with Crippen LogP contribution in [0, 0.1) is 11.8 Å². The molecule has 0 aliphatic heterocycles. The van der Waals surface area contributed by atoms with Gasteiger partial charge in [0.15, 0.2) is 0 Å². The Morgan fingerprint density at radius 1 is 0.744 bits per heavy atom. The zero-order valence-corrected chi connectivity index (χ0v) is 26.0. The van der Waals surface area contributed by atoms with Gasteiger partial charge in [0, 0.05) is 12.0 Å². The highest BCUT2D eigenvalue weighted by molar-refractivity contribution is 7.94. The summed E-state index contributed by atoms with van der Waals surface area (Å²) in [4.78, 5) is 51.7. The van der Waals surface area contributed by atoms with Crippen LogP contribution in [0.4, 0.5) is 9.59 Å². The summed E-state index contributed by atoms with van der Waals surface area (Å²) in [6.45, 7) is 17.5. The van der Waals surface area contributed by atoms with Crippen LogP contribution in [0.1, 0.15) is 74.8 Å². The van der Waals surface area contributed by atoms with Gasteiger partial charge in [-0.15, -0.1) is 0 Å². The Morgan fingerprint density at radius 3 is 1.41 bits per heavy atom. The van der Waals surface area contributed by atoms with Crippen LogP contribution in [0.3, 0.4) is 0 Å². The third-order valence-electron chi connectivity index (χ3n) is 5.07. The van der Waals surface area contributed by atoms with Crippen molar-refractivity contribution in [2.75, 3.05) is 6.26 Å². The maximum Gasteiger partial charge on any atom is 0.408 e. The number of ether oxygens (including phenoxy) is 2. The second-order valence-electron chi connectivity index (χ2n) is 12.2. The van der Waals surface area contributed by atoms with E-state index in [1.54, 1.807) is 75.5 Å². The summed E-state index contributed by atoms with van der Waals surface area (Å²) < 4.78 is 19.5. The summed E-state index contributed by atoms with van der Waals surface area (Å²) in [6, 6.07) is 7.33. The van der Waals surface area contributed by atoms with Crippen LogP contribution < -0.4 is 10.6 Å². The van der Waals surface area contributed by atoms with E-state index < -0.39 is 56.9 Å². The minimum absolute atomic E-state index is 0.222. The highest BCUT2D eigenvalue weighted by Gasteiger charge is 2.30. The first kappa shape index (κ1) is 34.1. The minimum Gasteiger partial charge on any atom is -0.444 e. The number of rotatable bonds is 8. The largest absolute Gasteiger partial charge is 0.444 e. The molecule has 4 amide bonds. The Labute approximate surface area is 233 Å². The van der Waals surface area contributed by atoms with E-state index in [4.69, 9.17) is 9.47 Å². The van der Waals surface area contributed by atoms with Gasteiger partial charge in [-0.25, -0.2) is 9.59 Å². The number of amides is 4. The van der Waals surface area contributed by atoms with Crippen LogP contribution in [-0.2, 0) is 34.4 Å². The fourth-order valence-corrected chi connectivity index (χ4v) is 5.37. The standard InChI is InChI=1S/C28H46N4O6S/c1-18(2)21(29-25(35)37-27(5,6)7)23(33)31-39(11,17-20-15-13-12-14-16-20)32-24(34)22(19(3)4)30-26(36)38-28(8,9)10/h12-16,18-19,21-22H,17H2,1-11H3,(H,29,35)(H,30,36)/t21-,22-/m0/s1. The van der Waals surface area contributed by atoms with Gasteiger partial charge in [-0.05, 0) is 68.6 Å². The predicted octanol–water partition coefficient (Wildman–Crippen LogP) is 5.49. The lowest BCUT2D eigenvalue weighted by atomic mass is 10.0. The topological polar surface area (TPSA) is 136 Å². The van der Waals surface area contributed by atoms with Crippen LogP contribution in [0.15, 0.2) is 39.1 Å². The average molecular weight is 567 g/mol. The Morgan fingerprint density at radius 2 is 1.10 bits per heavy atom. The molecular weight excluding hydrogens is 520 g/mol. The number of hydrogen-bond acceptors (Lipinski definition) is 6. The zero-order valence-electron chi connectivity index (χ0n) is 25.2. The van der Waals surface area contributed by atoms with Gasteiger partial charge < -0.3 is 20.1 Å². The summed E-state index contributed by atoms with van der Waals surface area (Å²) in [6.07, 6.45) is 0.184. The molecule has 2 atom stereocenters. The Kier molecular flexibility index (Phi) is 12.2. The molecule has 0 aliphatic carbocycles. The SMILES string of the molecule is CC(C)[C@H](NC(=O)OC(C)(C)C)C(=O)N=S(C)(Cc1ccccc1)=NC(=O)[C@@H](NC(=O)OC(C)(C)C)C(C)C. The maximum atomic E-state index is 13.4. The van der Waals surface area contributed by atoms with Crippen LogP contribution >= 0.6 is 0 Å². The summed E-state index contributed by atoms with van der Waals surface area (Å²) >= 11 is 0. The summed E-state index contributed by atoms with van der Waals surface area (Å²) in [5.41, 5.74) is -0.646. The van der Waals surface area contributed by atoms with Gasteiger partial charge in [0.05, 0.1) is 0 Å². The molecule has 1 rings (SSSR count). The van der Waals surface area contributed by atoms with E-state index in [9.17, 15) is 19.2 Å². The molecule has 10 nitrogen and oxygen atoms in total. The van der Waals surface area contributed by atoms with Gasteiger partial charge in [0.1, 0.15) is 23.3 Å². The van der Waals surface area contributed by atoms with Crippen LogP contribution in [0.5, 0.6) is 0 Å². The van der Waals surface area contributed by atoms with Crippen molar-refractivity contribution >= 4 is 33.6 Å². The highest BCUT2D eigenvalue weighted by atomic mass is 32.2. The van der Waals surface area contributed by atoms with Gasteiger partial charge in [-0.1, -0.05) is 58.0 Å². The third-order valence-corrected chi connectivity index (χ3v) is 7.09. The number of alkyl carbamates (subject to hydrolysis) is 2. The van der Waals surface area contributed by atoms with Gasteiger partial charge >= 0.3 is 12.2 Å². The van der Waals surface area contributed by atoms with Crippen molar-refractivity contribution in [3.8, 4) is 0 Å². The molecule has 0 heterocycles. The molecule has 0 radical (unpaired) electrons. The molecule has 1 aromatic carbocycles. The van der Waals surface area contributed by atoms with Crippen LogP contribution in [0.25, 0.3) is 0 Å².